The van der Waals surface area contributed by atoms with Crippen LogP contribution in [0.5, 0.6) is 0 Å². The maximum Gasteiger partial charge on any atom is 0.354 e. The fourth-order valence-corrected chi connectivity index (χ4v) is 4.58. The molecule has 0 spiro atoms. The molecule has 0 radical (unpaired) electrons. The van der Waals surface area contributed by atoms with Crippen molar-refractivity contribution >= 4 is 38.9 Å². The van der Waals surface area contributed by atoms with Crippen LogP contribution in [0.3, 0.4) is 0 Å². The van der Waals surface area contributed by atoms with Gasteiger partial charge in [-0.25, -0.2) is 17.2 Å². The van der Waals surface area contributed by atoms with Crippen LogP contribution in [0.1, 0.15) is 23.6 Å². The molecule has 3 aromatic rings. The third-order valence-corrected chi connectivity index (χ3v) is 6.31. The molecule has 1 amide bonds. The Balaban J connectivity index is 2.28. The third kappa shape index (κ3) is 3.99. The zero-order valence-electron chi connectivity index (χ0n) is 17.1. The van der Waals surface area contributed by atoms with E-state index in [4.69, 9.17) is 4.74 Å². The molecule has 2 aromatic carbocycles. The molecule has 156 valence electrons. The molecule has 0 atom stereocenters. The summed E-state index contributed by atoms with van der Waals surface area (Å²) in [5.41, 5.74) is 2.62. The number of methoxy groups -OCH3 is 1. The monoisotopic (exact) mass is 426 g/mol. The van der Waals surface area contributed by atoms with Gasteiger partial charge in [0.25, 0.3) is 10.0 Å². The highest BCUT2D eigenvalue weighted by Crippen LogP contribution is 2.30. The maximum absolute atomic E-state index is 13.3. The van der Waals surface area contributed by atoms with Crippen molar-refractivity contribution in [2.45, 2.75) is 25.7 Å². The second-order valence-corrected chi connectivity index (χ2v) is 8.71. The summed E-state index contributed by atoms with van der Waals surface area (Å²) in [4.78, 5) is 23.8. The smallest absolute Gasteiger partial charge is 0.354 e. The Labute approximate surface area is 175 Å². The molecular weight excluding hydrogens is 404 g/mol. The fourth-order valence-electron chi connectivity index (χ4n) is 3.21. The number of aryl methyl sites for hydroxylation is 2. The molecule has 1 aromatic heterocycles. The average molecular weight is 426 g/mol. The van der Waals surface area contributed by atoms with Crippen LogP contribution in [0.4, 0.5) is 0 Å². The van der Waals surface area contributed by atoms with E-state index in [1.54, 1.807) is 36.4 Å². The van der Waals surface area contributed by atoms with Crippen molar-refractivity contribution in [3.8, 4) is 0 Å². The second-order valence-electron chi connectivity index (χ2n) is 6.90. The van der Waals surface area contributed by atoms with Crippen LogP contribution in [0.25, 0.3) is 17.0 Å². The maximum atomic E-state index is 13.3. The number of rotatable bonds is 5. The van der Waals surface area contributed by atoms with Crippen LogP contribution in [0.15, 0.2) is 59.3 Å². The number of fused-ring (bicyclic) bond motifs is 1. The Kier molecular flexibility index (Phi) is 5.80. The number of nitrogens with one attached hydrogen (secondary N) is 1. The quantitative estimate of drug-likeness (QED) is 0.500. The van der Waals surface area contributed by atoms with Gasteiger partial charge < -0.3 is 10.1 Å². The first-order valence-corrected chi connectivity index (χ1v) is 10.6. The van der Waals surface area contributed by atoms with E-state index in [0.29, 0.717) is 16.5 Å². The van der Waals surface area contributed by atoms with Gasteiger partial charge in [-0.3, -0.25) is 4.79 Å². The van der Waals surface area contributed by atoms with Gasteiger partial charge in [0.15, 0.2) is 0 Å². The minimum Gasteiger partial charge on any atom is -0.464 e. The van der Waals surface area contributed by atoms with E-state index < -0.39 is 21.9 Å². The van der Waals surface area contributed by atoms with Crippen LogP contribution in [0, 0.1) is 13.8 Å². The van der Waals surface area contributed by atoms with Gasteiger partial charge in [0, 0.05) is 24.1 Å². The molecule has 1 heterocycles. The van der Waals surface area contributed by atoms with Crippen LogP contribution < -0.4 is 5.32 Å². The van der Waals surface area contributed by atoms with Crippen molar-refractivity contribution in [2.75, 3.05) is 7.11 Å². The number of esters is 1. The zero-order chi connectivity index (χ0) is 22.1. The van der Waals surface area contributed by atoms with Gasteiger partial charge in [0.05, 0.1) is 17.5 Å². The molecule has 1 N–H and O–H groups in total. The molecule has 0 saturated heterocycles. The molecule has 0 bridgehead atoms. The van der Waals surface area contributed by atoms with Gasteiger partial charge >= 0.3 is 5.97 Å². The lowest BCUT2D eigenvalue weighted by Crippen LogP contribution is -2.25. The van der Waals surface area contributed by atoms with E-state index in [9.17, 15) is 18.0 Å². The van der Waals surface area contributed by atoms with Crippen LogP contribution in [-0.4, -0.2) is 31.4 Å². The van der Waals surface area contributed by atoms with Crippen molar-refractivity contribution in [3.63, 3.8) is 0 Å². The lowest BCUT2D eigenvalue weighted by atomic mass is 10.1. The summed E-state index contributed by atoms with van der Waals surface area (Å²) in [7, 11) is -2.68. The first-order chi connectivity index (χ1) is 14.1. The number of hydrogen-bond acceptors (Lipinski definition) is 5. The highest BCUT2D eigenvalue weighted by Gasteiger charge is 2.22. The van der Waals surface area contributed by atoms with Crippen molar-refractivity contribution < 1.29 is 22.7 Å². The van der Waals surface area contributed by atoms with Gasteiger partial charge in [-0.05, 0) is 43.7 Å². The number of hydrogen-bond donors (Lipinski definition) is 1. The normalized spacial score (nSPS) is 12.1. The summed E-state index contributed by atoms with van der Waals surface area (Å²) >= 11 is 0. The van der Waals surface area contributed by atoms with Gasteiger partial charge in [-0.15, -0.1) is 0 Å². The third-order valence-electron chi connectivity index (χ3n) is 4.63. The van der Waals surface area contributed by atoms with Gasteiger partial charge in [-0.1, -0.05) is 29.8 Å². The van der Waals surface area contributed by atoms with Crippen molar-refractivity contribution in [3.05, 3.63) is 71.0 Å². The molecule has 30 heavy (non-hydrogen) atoms. The van der Waals surface area contributed by atoms with E-state index in [1.165, 1.54) is 30.3 Å². The Hall–Kier alpha value is -3.39. The van der Waals surface area contributed by atoms with E-state index >= 15 is 0 Å². The molecule has 0 aliphatic carbocycles. The average Bonchev–Trinajstić information content (AvgIpc) is 3.07. The number of carbonyl (C=O) groups excluding carboxylic acids is 2. The number of nitrogens with zero attached hydrogens (tertiary/aromatic N) is 1. The summed E-state index contributed by atoms with van der Waals surface area (Å²) in [6.45, 7) is 5.00. The first kappa shape index (κ1) is 21.3. The summed E-state index contributed by atoms with van der Waals surface area (Å²) in [6, 6.07) is 11.9. The van der Waals surface area contributed by atoms with Gasteiger partial charge in [0.1, 0.15) is 5.70 Å². The van der Waals surface area contributed by atoms with Crippen molar-refractivity contribution in [2.24, 2.45) is 0 Å². The first-order valence-electron chi connectivity index (χ1n) is 9.15. The molecule has 0 fully saturated rings. The zero-order valence-corrected chi connectivity index (χ0v) is 17.9. The standard InChI is InChI=1S/C22H22N2O5S/c1-14-8-10-18(11-9-14)30(27,28)24-13-17(21-15(2)6-5-7-20(21)24)12-19(22(26)29-4)23-16(3)25/h5-13H,1-4H3,(H,23,25)/b19-12-. The molecule has 8 heteroatoms. The summed E-state index contributed by atoms with van der Waals surface area (Å²) in [5, 5.41) is 3.09. The summed E-state index contributed by atoms with van der Waals surface area (Å²) < 4.78 is 32.6. The highest BCUT2D eigenvalue weighted by atomic mass is 32.2. The lowest BCUT2D eigenvalue weighted by Gasteiger charge is -2.08. The van der Waals surface area contributed by atoms with E-state index in [2.05, 4.69) is 5.32 Å². The second kappa shape index (κ2) is 8.16. The number of amides is 1. The van der Waals surface area contributed by atoms with E-state index in [-0.39, 0.29) is 10.6 Å². The Morgan fingerprint density at radius 2 is 1.73 bits per heavy atom. The van der Waals surface area contributed by atoms with Crippen molar-refractivity contribution in [1.82, 2.24) is 9.29 Å². The topological polar surface area (TPSA) is 94.5 Å². The predicted octanol–water partition coefficient (Wildman–Crippen LogP) is 3.15. The minimum absolute atomic E-state index is 0.0833. The van der Waals surface area contributed by atoms with Crippen LogP contribution in [0.2, 0.25) is 0 Å². The summed E-state index contributed by atoms with van der Waals surface area (Å²) in [6.07, 6.45) is 2.86. The highest BCUT2D eigenvalue weighted by molar-refractivity contribution is 7.90. The van der Waals surface area contributed by atoms with Gasteiger partial charge in [-0.2, -0.15) is 0 Å². The Morgan fingerprint density at radius 1 is 1.07 bits per heavy atom. The van der Waals surface area contributed by atoms with Crippen molar-refractivity contribution in [1.29, 1.82) is 0 Å². The molecule has 7 nitrogen and oxygen atoms in total. The molecular formula is C22H22N2O5S. The molecule has 3 rings (SSSR count). The number of benzene rings is 2. The lowest BCUT2D eigenvalue weighted by molar-refractivity contribution is -0.137. The van der Waals surface area contributed by atoms with E-state index in [0.717, 1.165) is 11.1 Å². The largest absolute Gasteiger partial charge is 0.464 e. The SMILES string of the molecule is COC(=O)/C(=C/c1cn(S(=O)(=O)c2ccc(C)cc2)c2cccc(C)c12)NC(C)=O. The van der Waals surface area contributed by atoms with Gasteiger partial charge in [0.2, 0.25) is 5.91 Å². The molecule has 0 aliphatic rings. The fraction of sp³-hybridized carbons (Fsp3) is 0.182. The minimum atomic E-state index is -3.88. The molecule has 0 saturated carbocycles. The van der Waals surface area contributed by atoms with Crippen LogP contribution in [-0.2, 0) is 24.3 Å². The Morgan fingerprint density at radius 3 is 2.33 bits per heavy atom. The number of ether oxygens (including phenoxy) is 1. The summed E-state index contributed by atoms with van der Waals surface area (Å²) in [5.74, 6) is -1.18. The number of carbonyl (C=O) groups is 2. The molecule has 0 aliphatic heterocycles. The molecule has 0 unspecified atom stereocenters. The Bertz CT molecular complexity index is 1270. The van der Waals surface area contributed by atoms with E-state index in [1.807, 2.05) is 19.9 Å². The number of aromatic nitrogens is 1. The van der Waals surface area contributed by atoms with Crippen LogP contribution >= 0.6 is 0 Å². The predicted molar refractivity (Wildman–Crippen MR) is 114 cm³/mol.